The maximum atomic E-state index is 13.6. The number of imide groups is 1. The lowest BCUT2D eigenvalue weighted by molar-refractivity contribution is -0.123. The second-order valence-electron chi connectivity index (χ2n) is 8.98. The summed E-state index contributed by atoms with van der Waals surface area (Å²) in [7, 11) is 3.20. The molecule has 0 bridgehead atoms. The molecule has 2 heterocycles. The molecule has 2 aromatic carbocycles. The number of para-hydroxylation sites is 1. The largest absolute Gasteiger partial charge is 0.493 e. The Balaban J connectivity index is 1.57. The monoisotopic (exact) mass is 492 g/mol. The molecule has 3 aromatic rings. The third-order valence-electron chi connectivity index (χ3n) is 6.32. The topological polar surface area (TPSA) is 93.2 Å². The van der Waals surface area contributed by atoms with Gasteiger partial charge in [-0.05, 0) is 43.7 Å². The van der Waals surface area contributed by atoms with E-state index in [-0.39, 0.29) is 18.5 Å². The van der Waals surface area contributed by atoms with Crippen molar-refractivity contribution in [3.63, 3.8) is 0 Å². The van der Waals surface area contributed by atoms with E-state index in [4.69, 9.17) is 14.2 Å². The van der Waals surface area contributed by atoms with Crippen molar-refractivity contribution in [3.8, 4) is 11.5 Å². The fourth-order valence-electron chi connectivity index (χ4n) is 4.24. The molecule has 36 heavy (non-hydrogen) atoms. The van der Waals surface area contributed by atoms with Crippen LogP contribution < -0.4 is 19.7 Å². The highest BCUT2D eigenvalue weighted by Crippen LogP contribution is 2.38. The summed E-state index contributed by atoms with van der Waals surface area (Å²) in [6.45, 7) is 6.14. The number of urea groups is 1. The smallest absolute Gasteiger partial charge is 0.332 e. The third kappa shape index (κ3) is 4.98. The van der Waals surface area contributed by atoms with Gasteiger partial charge in [0.05, 0.1) is 24.9 Å². The SMILES string of the molecule is COCCNCCOc1cc(N2C(=O)N(Cc3ccnc4ccccc34)C(C)(C)C2=O)ccc1OC. The van der Waals surface area contributed by atoms with Crippen molar-refractivity contribution in [1.29, 1.82) is 0 Å². The van der Waals surface area contributed by atoms with Crippen LogP contribution >= 0.6 is 0 Å². The quantitative estimate of drug-likeness (QED) is 0.323. The van der Waals surface area contributed by atoms with Crippen molar-refractivity contribution < 1.29 is 23.8 Å². The van der Waals surface area contributed by atoms with Crippen molar-refractivity contribution in [3.05, 3.63) is 60.3 Å². The molecule has 190 valence electrons. The van der Waals surface area contributed by atoms with Gasteiger partial charge >= 0.3 is 6.03 Å². The number of ether oxygens (including phenoxy) is 3. The molecule has 9 heteroatoms. The molecular weight excluding hydrogens is 460 g/mol. The molecule has 3 amide bonds. The predicted molar refractivity (Wildman–Crippen MR) is 137 cm³/mol. The molecule has 1 aromatic heterocycles. The Morgan fingerprint density at radius 3 is 2.53 bits per heavy atom. The molecule has 0 aliphatic carbocycles. The fourth-order valence-corrected chi connectivity index (χ4v) is 4.24. The first-order valence-corrected chi connectivity index (χ1v) is 11.9. The van der Waals surface area contributed by atoms with E-state index in [1.165, 1.54) is 4.90 Å². The Hall–Kier alpha value is -3.69. The van der Waals surface area contributed by atoms with E-state index in [9.17, 15) is 9.59 Å². The van der Waals surface area contributed by atoms with E-state index in [0.29, 0.717) is 43.5 Å². The summed E-state index contributed by atoms with van der Waals surface area (Å²) in [5, 5.41) is 4.16. The van der Waals surface area contributed by atoms with E-state index >= 15 is 0 Å². The number of carbonyl (C=O) groups excluding carboxylic acids is 2. The molecule has 4 rings (SSSR count). The van der Waals surface area contributed by atoms with Crippen LogP contribution in [0.1, 0.15) is 19.4 Å². The first-order chi connectivity index (χ1) is 17.4. The highest BCUT2D eigenvalue weighted by molar-refractivity contribution is 6.23. The van der Waals surface area contributed by atoms with Crippen molar-refractivity contribution in [2.24, 2.45) is 0 Å². The predicted octanol–water partition coefficient (Wildman–Crippen LogP) is 3.61. The minimum atomic E-state index is -1.03. The molecule has 0 saturated carbocycles. The molecule has 1 aliphatic heterocycles. The number of pyridine rings is 1. The van der Waals surface area contributed by atoms with Gasteiger partial charge in [0.15, 0.2) is 11.5 Å². The van der Waals surface area contributed by atoms with Gasteiger partial charge in [-0.15, -0.1) is 0 Å². The zero-order valence-corrected chi connectivity index (χ0v) is 21.1. The number of methoxy groups -OCH3 is 2. The lowest BCUT2D eigenvalue weighted by atomic mass is 10.0. The Kier molecular flexibility index (Phi) is 7.71. The molecule has 1 aliphatic rings. The summed E-state index contributed by atoms with van der Waals surface area (Å²) < 4.78 is 16.3. The fraction of sp³-hybridized carbons (Fsp3) is 0.370. The number of benzene rings is 2. The van der Waals surface area contributed by atoms with E-state index in [1.54, 1.807) is 57.4 Å². The molecule has 0 unspecified atom stereocenters. The van der Waals surface area contributed by atoms with E-state index in [0.717, 1.165) is 16.5 Å². The third-order valence-corrected chi connectivity index (χ3v) is 6.32. The van der Waals surface area contributed by atoms with Gasteiger partial charge < -0.3 is 24.4 Å². The molecule has 1 fully saturated rings. The van der Waals surface area contributed by atoms with Gasteiger partial charge in [-0.2, -0.15) is 0 Å². The van der Waals surface area contributed by atoms with Crippen molar-refractivity contribution in [2.45, 2.75) is 25.9 Å². The maximum Gasteiger partial charge on any atom is 0.332 e. The van der Waals surface area contributed by atoms with Crippen LogP contribution in [0.2, 0.25) is 0 Å². The van der Waals surface area contributed by atoms with E-state index in [2.05, 4.69) is 10.3 Å². The van der Waals surface area contributed by atoms with Crippen LogP contribution in [-0.4, -0.2) is 67.9 Å². The molecular formula is C27H32N4O5. The number of hydrogen-bond donors (Lipinski definition) is 1. The van der Waals surface area contributed by atoms with Gasteiger partial charge in [-0.25, -0.2) is 9.69 Å². The number of carbonyl (C=O) groups is 2. The van der Waals surface area contributed by atoms with Gasteiger partial charge in [-0.1, -0.05) is 18.2 Å². The standard InChI is InChI=1S/C27H32N4O5/c1-27(2)25(32)31(20-9-10-23(35-4)24(17-20)36-16-14-28-13-15-34-3)26(33)30(27)18-19-11-12-29-22-8-6-5-7-21(19)22/h5-12,17,28H,13-16,18H2,1-4H3. The lowest BCUT2D eigenvalue weighted by Crippen LogP contribution is -2.43. The Morgan fingerprint density at radius 2 is 1.75 bits per heavy atom. The van der Waals surface area contributed by atoms with Crippen LogP contribution in [0.4, 0.5) is 10.5 Å². The van der Waals surface area contributed by atoms with Crippen LogP contribution in [-0.2, 0) is 16.1 Å². The van der Waals surface area contributed by atoms with Crippen LogP contribution in [0, 0.1) is 0 Å². The average molecular weight is 493 g/mol. The first kappa shape index (κ1) is 25.4. The zero-order valence-electron chi connectivity index (χ0n) is 21.1. The van der Waals surface area contributed by atoms with Gasteiger partial charge in [0.1, 0.15) is 12.1 Å². The number of amides is 3. The van der Waals surface area contributed by atoms with Crippen LogP contribution in [0.25, 0.3) is 10.9 Å². The lowest BCUT2D eigenvalue weighted by Gasteiger charge is -2.28. The van der Waals surface area contributed by atoms with Gasteiger partial charge in [-0.3, -0.25) is 9.78 Å². The van der Waals surface area contributed by atoms with Crippen molar-refractivity contribution in [2.75, 3.05) is 45.4 Å². The van der Waals surface area contributed by atoms with Crippen molar-refractivity contribution in [1.82, 2.24) is 15.2 Å². The number of fused-ring (bicyclic) bond motifs is 1. The Morgan fingerprint density at radius 1 is 0.972 bits per heavy atom. The number of nitrogens with zero attached hydrogens (tertiary/aromatic N) is 3. The van der Waals surface area contributed by atoms with E-state index in [1.807, 2.05) is 30.3 Å². The van der Waals surface area contributed by atoms with Crippen molar-refractivity contribution >= 4 is 28.5 Å². The summed E-state index contributed by atoms with van der Waals surface area (Å²) in [6.07, 6.45) is 1.72. The minimum Gasteiger partial charge on any atom is -0.493 e. The summed E-state index contributed by atoms with van der Waals surface area (Å²) in [5.74, 6) is 0.679. The summed E-state index contributed by atoms with van der Waals surface area (Å²) >= 11 is 0. The zero-order chi connectivity index (χ0) is 25.7. The highest BCUT2D eigenvalue weighted by Gasteiger charge is 2.52. The second-order valence-corrected chi connectivity index (χ2v) is 8.98. The van der Waals surface area contributed by atoms with Gasteiger partial charge in [0, 0.05) is 44.4 Å². The molecule has 0 radical (unpaired) electrons. The molecule has 1 N–H and O–H groups in total. The van der Waals surface area contributed by atoms with Crippen LogP contribution in [0.3, 0.4) is 0 Å². The molecule has 0 spiro atoms. The minimum absolute atomic E-state index is 0.282. The number of anilines is 1. The normalized spacial score (nSPS) is 15.1. The molecule has 1 saturated heterocycles. The highest BCUT2D eigenvalue weighted by atomic mass is 16.5. The number of rotatable bonds is 11. The summed E-state index contributed by atoms with van der Waals surface area (Å²) in [6, 6.07) is 14.3. The Bertz CT molecular complexity index is 1240. The maximum absolute atomic E-state index is 13.6. The second kappa shape index (κ2) is 10.9. The first-order valence-electron chi connectivity index (χ1n) is 11.9. The Labute approximate surface area is 210 Å². The number of hydrogen-bond acceptors (Lipinski definition) is 7. The van der Waals surface area contributed by atoms with E-state index < -0.39 is 5.54 Å². The van der Waals surface area contributed by atoms with Crippen LogP contribution in [0.5, 0.6) is 11.5 Å². The molecule has 0 atom stereocenters. The number of nitrogens with one attached hydrogen (secondary N) is 1. The number of aromatic nitrogens is 1. The summed E-state index contributed by atoms with van der Waals surface area (Å²) in [5.41, 5.74) is 1.17. The average Bonchev–Trinajstić information content (AvgIpc) is 3.05. The van der Waals surface area contributed by atoms with Gasteiger partial charge in [0.25, 0.3) is 5.91 Å². The van der Waals surface area contributed by atoms with Gasteiger partial charge in [0.2, 0.25) is 0 Å². The van der Waals surface area contributed by atoms with Crippen LogP contribution in [0.15, 0.2) is 54.7 Å². The molecule has 9 nitrogen and oxygen atoms in total. The summed E-state index contributed by atoms with van der Waals surface area (Å²) in [4.78, 5) is 34.3.